The first kappa shape index (κ1) is 40.4. The van der Waals surface area contributed by atoms with E-state index in [-0.39, 0.29) is 16.5 Å². The summed E-state index contributed by atoms with van der Waals surface area (Å²) in [6.45, 7) is 37.3. The van der Waals surface area contributed by atoms with Gasteiger partial charge in [-0.15, -0.1) is 0 Å². The van der Waals surface area contributed by atoms with E-state index in [1.54, 1.807) is 0 Å². The molecule has 0 saturated carbocycles. The van der Waals surface area contributed by atoms with Crippen LogP contribution >= 0.6 is 27.6 Å². The van der Waals surface area contributed by atoms with Crippen molar-refractivity contribution in [3.05, 3.63) is 0 Å². The van der Waals surface area contributed by atoms with Crippen LogP contribution in [0.4, 0.5) is 0 Å². The molecule has 9 heteroatoms. The van der Waals surface area contributed by atoms with Crippen LogP contribution in [0.5, 0.6) is 0 Å². The van der Waals surface area contributed by atoms with E-state index in [9.17, 15) is 0 Å². The second kappa shape index (κ2) is 18.2. The minimum absolute atomic E-state index is 0. The van der Waals surface area contributed by atoms with Gasteiger partial charge in [0.15, 0.2) is 0 Å². The molecular weight excluding hydrogens is 657 g/mol. The van der Waals surface area contributed by atoms with E-state index in [4.69, 9.17) is 9.03 Å². The summed E-state index contributed by atoms with van der Waals surface area (Å²) in [7, 11) is -1.16. The Labute approximate surface area is 238 Å². The third-order valence-corrected chi connectivity index (χ3v) is 34.6. The Hall–Kier alpha value is 2.85. The first-order valence-corrected chi connectivity index (χ1v) is 24.0. The van der Waals surface area contributed by atoms with E-state index < -0.39 is 27.6 Å². The van der Waals surface area contributed by atoms with Crippen molar-refractivity contribution in [2.24, 2.45) is 9.03 Å². The second-order valence-corrected chi connectivity index (χ2v) is 33.5. The normalized spacial score (nSPS) is 13.2. The minimum atomic E-state index is -1.23. The summed E-state index contributed by atoms with van der Waals surface area (Å²) < 4.78 is 10.7. The summed E-state index contributed by atoms with van der Waals surface area (Å²) in [4.78, 5) is 0. The van der Waals surface area contributed by atoms with Crippen LogP contribution in [0.25, 0.3) is 0 Å². The van der Waals surface area contributed by atoms with Crippen molar-refractivity contribution in [1.29, 1.82) is 0 Å². The van der Waals surface area contributed by atoms with Crippen LogP contribution in [0.1, 0.15) is 111 Å². The molecule has 33 heavy (non-hydrogen) atoms. The second-order valence-electron chi connectivity index (χ2n) is 11.4. The van der Waals surface area contributed by atoms with Crippen LogP contribution in [0.15, 0.2) is 9.03 Å². The zero-order valence-corrected chi connectivity index (χ0v) is 32.7. The molecule has 0 amide bonds. The average Bonchev–Trinajstić information content (AvgIpc) is 2.62. The van der Waals surface area contributed by atoms with Crippen molar-refractivity contribution < 1.29 is 16.5 Å². The van der Waals surface area contributed by atoms with Crippen LogP contribution in [0, 0.1) is 0 Å². The molecule has 0 fully saturated rings. The topological polar surface area (TPSA) is 24.7 Å². The first-order valence-electron chi connectivity index (χ1n) is 12.6. The van der Waals surface area contributed by atoms with Crippen LogP contribution in [-0.4, -0.2) is 76.4 Å². The standard InChI is InChI=1S/2C12H28NP2Se.Ni/c2*1-9(2)14(10(3)4)13-15(16,11(5)6)12(7)8;/h2*9-12H,1-8H3;/q2*-1;+2/p+2. The van der Waals surface area contributed by atoms with Gasteiger partial charge < -0.3 is 0 Å². The van der Waals surface area contributed by atoms with Crippen LogP contribution in [-0.2, 0) is 16.5 Å². The Bertz CT molecular complexity index is 540. The Morgan fingerprint density at radius 3 is 0.667 bits per heavy atom. The molecule has 0 rings (SSSR count). The summed E-state index contributed by atoms with van der Waals surface area (Å²) in [5.74, 6) is -2.46. The molecule has 0 aliphatic heterocycles. The van der Waals surface area contributed by atoms with E-state index in [0.29, 0.717) is 22.6 Å². The number of hydrogen-bond acceptors (Lipinski definition) is 2. The summed E-state index contributed by atoms with van der Waals surface area (Å²) in [5, 5.41) is 0. The van der Waals surface area contributed by atoms with Crippen molar-refractivity contribution in [1.82, 2.24) is 0 Å². The van der Waals surface area contributed by atoms with Gasteiger partial charge in [0.2, 0.25) is 0 Å². The molecule has 204 valence electrons. The van der Waals surface area contributed by atoms with Gasteiger partial charge in [0.1, 0.15) is 0 Å². The van der Waals surface area contributed by atoms with Gasteiger partial charge >= 0.3 is 240 Å². The van der Waals surface area contributed by atoms with Crippen molar-refractivity contribution in [2.45, 2.75) is 156 Å². The van der Waals surface area contributed by atoms with Crippen LogP contribution in [0.3, 0.4) is 0 Å². The van der Waals surface area contributed by atoms with Crippen molar-refractivity contribution >= 4 is 58.8 Å². The fourth-order valence-electron chi connectivity index (χ4n) is 3.81. The third kappa shape index (κ3) is 13.5. The van der Waals surface area contributed by atoms with E-state index >= 15 is 0 Å². The van der Waals surface area contributed by atoms with Crippen molar-refractivity contribution in [2.75, 3.05) is 0 Å². The maximum Gasteiger partial charge on any atom is 2.00 e. The molecule has 0 saturated heterocycles. The van der Waals surface area contributed by atoms with Gasteiger partial charge in [0.25, 0.3) is 0 Å². The molecule has 0 aliphatic carbocycles. The average molecular weight is 715 g/mol. The summed E-state index contributed by atoms with van der Waals surface area (Å²) in [6, 6.07) is 0. The largest absolute Gasteiger partial charge is 2.00 e. The van der Waals surface area contributed by atoms with Crippen molar-refractivity contribution in [3.63, 3.8) is 0 Å². The molecule has 2 nitrogen and oxygen atoms in total. The molecule has 0 N–H and O–H groups in total. The van der Waals surface area contributed by atoms with E-state index in [1.165, 1.54) is 0 Å². The molecule has 0 aromatic heterocycles. The van der Waals surface area contributed by atoms with E-state index in [1.807, 2.05) is 0 Å². The predicted octanol–water partition coefficient (Wildman–Crippen LogP) is 10.1. The maximum atomic E-state index is 5.36. The first-order chi connectivity index (χ1) is 14.2. The summed E-state index contributed by atoms with van der Waals surface area (Å²) in [6.07, 6.45) is 0. The molecule has 0 spiro atoms. The zero-order chi connectivity index (χ0) is 26.2. The zero-order valence-electron chi connectivity index (χ0n) is 24.5. The Balaban J connectivity index is -0.000000529. The fourth-order valence-corrected chi connectivity index (χ4v) is 22.7. The summed E-state index contributed by atoms with van der Waals surface area (Å²) in [5.41, 5.74) is 5.72. The van der Waals surface area contributed by atoms with Gasteiger partial charge in [0, 0.05) is 0 Å². The monoisotopic (exact) mass is 716 g/mol. The number of rotatable bonds is 10. The molecule has 0 unspecified atom stereocenters. The van der Waals surface area contributed by atoms with Gasteiger partial charge in [-0.1, -0.05) is 0 Å². The number of nitrogens with zero attached hydrogens (tertiary/aromatic N) is 2. The molecule has 0 bridgehead atoms. The SMILES string of the molecule is CC(C)[PH+](N=P([Se-])(C(C)C)C(C)C)C(C)C.CC(C)[PH+](N=P([Se-])(C(C)C)C(C)C)C(C)C.[Ni+2]. The van der Waals surface area contributed by atoms with E-state index in [0.717, 1.165) is 22.6 Å². The predicted molar refractivity (Wildman–Crippen MR) is 168 cm³/mol. The quantitative estimate of drug-likeness (QED) is 0.159. The number of hydrogen-bond donors (Lipinski definition) is 0. The molecule has 0 radical (unpaired) electrons. The van der Waals surface area contributed by atoms with Gasteiger partial charge in [-0.3, -0.25) is 0 Å². The van der Waals surface area contributed by atoms with E-state index in [2.05, 4.69) is 142 Å². The Kier molecular flexibility index (Phi) is 22.2. The molecule has 0 aromatic carbocycles. The molecule has 0 aromatic rings. The molecule has 0 heterocycles. The third-order valence-electron chi connectivity index (χ3n) is 5.87. The van der Waals surface area contributed by atoms with Gasteiger partial charge in [0.05, 0.1) is 0 Å². The molecule has 0 atom stereocenters. The van der Waals surface area contributed by atoms with Gasteiger partial charge in [-0.05, 0) is 0 Å². The fraction of sp³-hybridized carbons (Fsp3) is 1.00. The summed E-state index contributed by atoms with van der Waals surface area (Å²) >= 11 is 7.00. The van der Waals surface area contributed by atoms with Crippen LogP contribution in [0.2, 0.25) is 0 Å². The van der Waals surface area contributed by atoms with Gasteiger partial charge in [-0.2, -0.15) is 0 Å². The van der Waals surface area contributed by atoms with Gasteiger partial charge in [-0.25, -0.2) is 0 Å². The van der Waals surface area contributed by atoms with Crippen LogP contribution < -0.4 is 0 Å². The Morgan fingerprint density at radius 1 is 0.424 bits per heavy atom. The minimum Gasteiger partial charge on any atom is 2.00 e. The molecular formula is C24H58N2NiP4Se2+2. The van der Waals surface area contributed by atoms with Crippen molar-refractivity contribution in [3.8, 4) is 0 Å². The molecule has 0 aliphatic rings. The smallest absolute Gasteiger partial charge is 2.00 e. The maximum absolute atomic E-state index is 5.36. The Morgan fingerprint density at radius 2 is 0.576 bits per heavy atom.